The smallest absolute Gasteiger partial charge is 0.323 e. The van der Waals surface area contributed by atoms with Crippen molar-refractivity contribution in [1.82, 2.24) is 4.90 Å². The highest BCUT2D eigenvalue weighted by atomic mass is 16.6. The summed E-state index contributed by atoms with van der Waals surface area (Å²) in [5, 5.41) is 20.0. The molecule has 19 heavy (non-hydrogen) atoms. The molecule has 6 heteroatoms. The highest BCUT2D eigenvalue weighted by Gasteiger charge is 2.31. The average Bonchev–Trinajstić information content (AvgIpc) is 2.35. The van der Waals surface area contributed by atoms with Crippen molar-refractivity contribution >= 4 is 11.7 Å². The van der Waals surface area contributed by atoms with E-state index >= 15 is 0 Å². The van der Waals surface area contributed by atoms with Gasteiger partial charge < -0.3 is 5.11 Å². The van der Waals surface area contributed by atoms with Crippen molar-refractivity contribution < 1.29 is 14.8 Å². The first-order chi connectivity index (χ1) is 8.76. The molecule has 104 valence electrons. The van der Waals surface area contributed by atoms with Gasteiger partial charge in [-0.3, -0.25) is 19.8 Å². The van der Waals surface area contributed by atoms with E-state index in [0.29, 0.717) is 18.5 Å². The number of hydrogen-bond acceptors (Lipinski definition) is 4. The van der Waals surface area contributed by atoms with Gasteiger partial charge in [0.25, 0.3) is 5.69 Å². The molecule has 0 heterocycles. The molecule has 0 aliphatic heterocycles. The van der Waals surface area contributed by atoms with Gasteiger partial charge in [0.2, 0.25) is 0 Å². The summed E-state index contributed by atoms with van der Waals surface area (Å²) in [6, 6.07) is 6.51. The van der Waals surface area contributed by atoms with Gasteiger partial charge in [-0.15, -0.1) is 0 Å². The monoisotopic (exact) mass is 266 g/mol. The number of rotatable bonds is 6. The van der Waals surface area contributed by atoms with Crippen molar-refractivity contribution in [1.29, 1.82) is 0 Å². The van der Waals surface area contributed by atoms with Crippen LogP contribution in [-0.2, 0) is 11.2 Å². The zero-order valence-electron chi connectivity index (χ0n) is 11.3. The van der Waals surface area contributed by atoms with Crippen molar-refractivity contribution in [2.45, 2.75) is 25.8 Å². The normalized spacial score (nSPS) is 11.6. The van der Waals surface area contributed by atoms with Crippen molar-refractivity contribution in [3.05, 3.63) is 39.9 Å². The van der Waals surface area contributed by atoms with E-state index in [4.69, 9.17) is 5.11 Å². The molecule has 0 amide bonds. The Hall–Kier alpha value is -1.95. The number of nitro groups is 1. The summed E-state index contributed by atoms with van der Waals surface area (Å²) >= 11 is 0. The Bertz CT molecular complexity index is 485. The Kier molecular flexibility index (Phi) is 4.61. The maximum Gasteiger partial charge on any atom is 0.323 e. The lowest BCUT2D eigenvalue weighted by molar-refractivity contribution is -0.385. The maximum absolute atomic E-state index is 11.1. The second-order valence-corrected chi connectivity index (χ2v) is 4.92. The largest absolute Gasteiger partial charge is 0.480 e. The summed E-state index contributed by atoms with van der Waals surface area (Å²) in [7, 11) is 1.70. The van der Waals surface area contributed by atoms with E-state index in [9.17, 15) is 14.9 Å². The first-order valence-corrected chi connectivity index (χ1v) is 5.93. The first kappa shape index (κ1) is 15.1. The van der Waals surface area contributed by atoms with Gasteiger partial charge >= 0.3 is 5.97 Å². The summed E-state index contributed by atoms with van der Waals surface area (Å²) in [5.74, 6) is -0.919. The fourth-order valence-corrected chi connectivity index (χ4v) is 1.63. The molecule has 0 atom stereocenters. The molecule has 0 saturated heterocycles. The van der Waals surface area contributed by atoms with Crippen LogP contribution >= 0.6 is 0 Å². The van der Waals surface area contributed by atoms with Gasteiger partial charge in [-0.2, -0.15) is 0 Å². The molecule has 1 N–H and O–H groups in total. The van der Waals surface area contributed by atoms with Gasteiger partial charge in [-0.1, -0.05) is 18.2 Å². The molecule has 0 radical (unpaired) electrons. The van der Waals surface area contributed by atoms with E-state index < -0.39 is 16.4 Å². The van der Waals surface area contributed by atoms with Crippen LogP contribution in [0.5, 0.6) is 0 Å². The Morgan fingerprint density at radius 2 is 2.00 bits per heavy atom. The molecule has 0 unspecified atom stereocenters. The number of nitro benzene ring substituents is 1. The number of carbonyl (C=O) groups is 1. The van der Waals surface area contributed by atoms with Crippen LogP contribution < -0.4 is 0 Å². The van der Waals surface area contributed by atoms with Crippen LogP contribution in [0.1, 0.15) is 19.4 Å². The summed E-state index contributed by atoms with van der Waals surface area (Å²) in [4.78, 5) is 23.2. The highest BCUT2D eigenvalue weighted by molar-refractivity contribution is 5.77. The zero-order valence-corrected chi connectivity index (χ0v) is 11.3. The molecule has 0 aromatic heterocycles. The van der Waals surface area contributed by atoms with Crippen LogP contribution in [0.15, 0.2) is 24.3 Å². The third-order valence-corrected chi connectivity index (χ3v) is 3.38. The Balaban J connectivity index is 2.78. The fourth-order valence-electron chi connectivity index (χ4n) is 1.63. The van der Waals surface area contributed by atoms with Crippen molar-refractivity contribution in [3.8, 4) is 0 Å². The molecular formula is C13H18N2O4. The Morgan fingerprint density at radius 1 is 1.42 bits per heavy atom. The van der Waals surface area contributed by atoms with Crippen LogP contribution in [0.25, 0.3) is 0 Å². The summed E-state index contributed by atoms with van der Waals surface area (Å²) in [5.41, 5.74) is -0.312. The van der Waals surface area contributed by atoms with Crippen molar-refractivity contribution in [3.63, 3.8) is 0 Å². The highest BCUT2D eigenvalue weighted by Crippen LogP contribution is 2.20. The van der Waals surface area contributed by atoms with Gasteiger partial charge in [0.1, 0.15) is 5.54 Å². The fraction of sp³-hybridized carbons (Fsp3) is 0.462. The third kappa shape index (κ3) is 3.51. The number of para-hydroxylation sites is 1. The van der Waals surface area contributed by atoms with E-state index in [0.717, 1.165) is 0 Å². The van der Waals surface area contributed by atoms with Crippen molar-refractivity contribution in [2.75, 3.05) is 13.6 Å². The number of nitrogens with zero attached hydrogens (tertiary/aromatic N) is 2. The quantitative estimate of drug-likeness (QED) is 0.628. The summed E-state index contributed by atoms with van der Waals surface area (Å²) in [6.45, 7) is 3.65. The predicted molar refractivity (Wildman–Crippen MR) is 71.1 cm³/mol. The zero-order chi connectivity index (χ0) is 14.6. The number of hydrogen-bond donors (Lipinski definition) is 1. The van der Waals surface area contributed by atoms with Gasteiger partial charge in [0.15, 0.2) is 0 Å². The van der Waals surface area contributed by atoms with E-state index in [1.807, 2.05) is 0 Å². The lowest BCUT2D eigenvalue weighted by Gasteiger charge is -2.31. The molecule has 1 rings (SSSR count). The van der Waals surface area contributed by atoms with Crippen LogP contribution in [0.2, 0.25) is 0 Å². The summed E-state index contributed by atoms with van der Waals surface area (Å²) < 4.78 is 0. The lowest BCUT2D eigenvalue weighted by Crippen LogP contribution is -2.48. The minimum Gasteiger partial charge on any atom is -0.480 e. The second-order valence-electron chi connectivity index (χ2n) is 4.92. The first-order valence-electron chi connectivity index (χ1n) is 5.93. The number of aliphatic carboxylic acids is 1. The minimum atomic E-state index is -0.996. The van der Waals surface area contributed by atoms with Crippen LogP contribution in [0.3, 0.4) is 0 Å². The number of benzene rings is 1. The Labute approximate surface area is 111 Å². The molecule has 0 saturated carbocycles. The molecule has 0 spiro atoms. The standard InChI is InChI=1S/C13H18N2O4/c1-13(2,12(16)17)14(3)9-8-10-6-4-5-7-11(10)15(18)19/h4-7H,8-9H2,1-3H3,(H,16,17). The van der Waals surface area contributed by atoms with Crippen LogP contribution in [0.4, 0.5) is 5.69 Å². The predicted octanol–water partition coefficient (Wildman–Crippen LogP) is 1.93. The van der Waals surface area contributed by atoms with Crippen LogP contribution in [-0.4, -0.2) is 40.0 Å². The van der Waals surface area contributed by atoms with Gasteiger partial charge in [-0.05, 0) is 27.3 Å². The average molecular weight is 266 g/mol. The number of carboxylic acid groups (broad SMARTS) is 1. The van der Waals surface area contributed by atoms with E-state index in [1.165, 1.54) is 6.07 Å². The van der Waals surface area contributed by atoms with E-state index in [-0.39, 0.29) is 5.69 Å². The van der Waals surface area contributed by atoms with Crippen LogP contribution in [0, 0.1) is 10.1 Å². The molecule has 6 nitrogen and oxygen atoms in total. The molecular weight excluding hydrogens is 248 g/mol. The molecule has 0 aliphatic carbocycles. The number of likely N-dealkylation sites (N-methyl/N-ethyl adjacent to an activating group) is 1. The SMILES string of the molecule is CN(CCc1ccccc1[N+](=O)[O-])C(C)(C)C(=O)O. The molecule has 0 bridgehead atoms. The van der Waals surface area contributed by atoms with Gasteiger partial charge in [0.05, 0.1) is 4.92 Å². The Morgan fingerprint density at radius 3 is 2.53 bits per heavy atom. The third-order valence-electron chi connectivity index (χ3n) is 3.38. The molecule has 1 aromatic rings. The van der Waals surface area contributed by atoms with E-state index in [2.05, 4.69) is 0 Å². The van der Waals surface area contributed by atoms with Crippen molar-refractivity contribution in [2.24, 2.45) is 0 Å². The minimum absolute atomic E-state index is 0.0732. The summed E-state index contributed by atoms with van der Waals surface area (Å²) in [6.07, 6.45) is 0.435. The molecule has 1 aromatic carbocycles. The lowest BCUT2D eigenvalue weighted by atomic mass is 10.0. The van der Waals surface area contributed by atoms with Gasteiger partial charge in [-0.25, -0.2) is 0 Å². The van der Waals surface area contributed by atoms with Gasteiger partial charge in [0, 0.05) is 18.2 Å². The second kappa shape index (κ2) is 5.79. The number of carboxylic acids is 1. The maximum atomic E-state index is 11.1. The molecule has 0 aliphatic rings. The van der Waals surface area contributed by atoms with E-state index in [1.54, 1.807) is 44.0 Å². The molecule has 0 fully saturated rings. The topological polar surface area (TPSA) is 83.7 Å².